The molecule has 1 fully saturated rings. The fraction of sp³-hybridized carbons (Fsp3) is 0.462. The van der Waals surface area contributed by atoms with Crippen LogP contribution in [0.15, 0.2) is 23.1 Å². The normalized spacial score (nSPS) is 22.4. The Kier molecular flexibility index (Phi) is 4.60. The number of nitrogens with one attached hydrogen (secondary N) is 1. The van der Waals surface area contributed by atoms with E-state index in [1.54, 1.807) is 0 Å². The first-order valence-corrected chi connectivity index (χ1v) is 7.98. The summed E-state index contributed by atoms with van der Waals surface area (Å²) in [6, 6.07) is 2.62. The predicted octanol–water partition coefficient (Wildman–Crippen LogP) is 0.963. The molecule has 1 saturated carbocycles. The Hall–Kier alpha value is -1.51. The van der Waals surface area contributed by atoms with Gasteiger partial charge in [0.2, 0.25) is 10.0 Å². The molecule has 0 aromatic heterocycles. The molecular formula is C13H16FNO5S. The highest BCUT2D eigenvalue weighted by Crippen LogP contribution is 2.25. The Morgan fingerprint density at radius 3 is 2.67 bits per heavy atom. The number of halogens is 1. The van der Waals surface area contributed by atoms with Crippen LogP contribution in [-0.4, -0.2) is 37.2 Å². The van der Waals surface area contributed by atoms with Crippen molar-refractivity contribution in [3.8, 4) is 0 Å². The molecular weight excluding hydrogens is 301 g/mol. The lowest BCUT2D eigenvalue weighted by molar-refractivity contribution is 0.0696. The van der Waals surface area contributed by atoms with Crippen molar-refractivity contribution in [2.24, 2.45) is 5.92 Å². The second kappa shape index (κ2) is 6.08. The van der Waals surface area contributed by atoms with Gasteiger partial charge in [0, 0.05) is 6.54 Å². The smallest absolute Gasteiger partial charge is 0.335 e. The number of aliphatic hydroxyl groups is 1. The highest BCUT2D eigenvalue weighted by atomic mass is 32.2. The average molecular weight is 317 g/mol. The van der Waals surface area contributed by atoms with E-state index in [-0.39, 0.29) is 18.0 Å². The van der Waals surface area contributed by atoms with Crippen LogP contribution in [0.4, 0.5) is 4.39 Å². The molecule has 2 unspecified atom stereocenters. The minimum atomic E-state index is -4.12. The van der Waals surface area contributed by atoms with E-state index >= 15 is 0 Å². The SMILES string of the molecule is O=C(O)c1ccc(F)c(S(=O)(=O)NCC2CCC(O)C2)c1. The molecule has 1 aliphatic carbocycles. The number of benzene rings is 1. The van der Waals surface area contributed by atoms with E-state index in [2.05, 4.69) is 4.72 Å². The Labute approximate surface area is 121 Å². The molecule has 0 bridgehead atoms. The maximum absolute atomic E-state index is 13.6. The summed E-state index contributed by atoms with van der Waals surface area (Å²) >= 11 is 0. The zero-order chi connectivity index (χ0) is 15.6. The standard InChI is InChI=1S/C13H16FNO5S/c14-11-4-2-9(13(17)18)6-12(11)21(19,20)15-7-8-1-3-10(16)5-8/h2,4,6,8,10,15-16H,1,3,5,7H2,(H,17,18). The molecule has 21 heavy (non-hydrogen) atoms. The molecule has 1 aromatic rings. The lowest BCUT2D eigenvalue weighted by atomic mass is 10.1. The van der Waals surface area contributed by atoms with Gasteiger partial charge in [-0.15, -0.1) is 0 Å². The van der Waals surface area contributed by atoms with E-state index in [1.807, 2.05) is 0 Å². The van der Waals surface area contributed by atoms with Crippen LogP contribution >= 0.6 is 0 Å². The minimum Gasteiger partial charge on any atom is -0.478 e. The topological polar surface area (TPSA) is 104 Å². The monoisotopic (exact) mass is 317 g/mol. The fourth-order valence-electron chi connectivity index (χ4n) is 2.38. The first-order valence-electron chi connectivity index (χ1n) is 6.50. The summed E-state index contributed by atoms with van der Waals surface area (Å²) in [5.41, 5.74) is -0.298. The minimum absolute atomic E-state index is 0.000456. The van der Waals surface area contributed by atoms with Crippen LogP contribution in [0.3, 0.4) is 0 Å². The molecule has 116 valence electrons. The number of carbonyl (C=O) groups is 1. The highest BCUT2D eigenvalue weighted by molar-refractivity contribution is 7.89. The first kappa shape index (κ1) is 15.9. The van der Waals surface area contributed by atoms with Crippen molar-refractivity contribution < 1.29 is 27.8 Å². The molecule has 0 spiro atoms. The van der Waals surface area contributed by atoms with Crippen LogP contribution in [0.25, 0.3) is 0 Å². The molecule has 0 aliphatic heterocycles. The predicted molar refractivity (Wildman–Crippen MR) is 71.9 cm³/mol. The summed E-state index contributed by atoms with van der Waals surface area (Å²) in [5, 5.41) is 18.2. The summed E-state index contributed by atoms with van der Waals surface area (Å²) < 4.78 is 40.0. The van der Waals surface area contributed by atoms with Crippen LogP contribution in [0.5, 0.6) is 0 Å². The zero-order valence-corrected chi connectivity index (χ0v) is 11.9. The first-order chi connectivity index (χ1) is 9.79. The summed E-state index contributed by atoms with van der Waals surface area (Å²) in [6.07, 6.45) is 1.39. The van der Waals surface area contributed by atoms with Crippen molar-refractivity contribution >= 4 is 16.0 Å². The molecule has 2 atom stereocenters. The second-order valence-corrected chi connectivity index (χ2v) is 6.87. The largest absolute Gasteiger partial charge is 0.478 e. The van der Waals surface area contributed by atoms with Gasteiger partial charge < -0.3 is 10.2 Å². The fourth-order valence-corrected chi connectivity index (χ4v) is 3.60. The molecule has 0 heterocycles. The number of hydrogen-bond acceptors (Lipinski definition) is 4. The summed E-state index contributed by atoms with van der Waals surface area (Å²) in [4.78, 5) is 10.1. The highest BCUT2D eigenvalue weighted by Gasteiger charge is 2.26. The van der Waals surface area contributed by atoms with E-state index in [9.17, 15) is 22.7 Å². The number of carboxylic acids is 1. The van der Waals surface area contributed by atoms with Gasteiger partial charge in [0.1, 0.15) is 10.7 Å². The Morgan fingerprint density at radius 2 is 2.10 bits per heavy atom. The number of carboxylic acid groups (broad SMARTS) is 1. The molecule has 0 radical (unpaired) electrons. The number of aliphatic hydroxyl groups excluding tert-OH is 1. The second-order valence-electron chi connectivity index (χ2n) is 5.14. The van der Waals surface area contributed by atoms with Gasteiger partial charge in [0.05, 0.1) is 11.7 Å². The van der Waals surface area contributed by atoms with Gasteiger partial charge in [-0.25, -0.2) is 22.3 Å². The molecule has 0 amide bonds. The van der Waals surface area contributed by atoms with Gasteiger partial charge in [-0.3, -0.25) is 0 Å². The maximum atomic E-state index is 13.6. The third kappa shape index (κ3) is 3.78. The number of hydrogen-bond donors (Lipinski definition) is 3. The molecule has 0 saturated heterocycles. The quantitative estimate of drug-likeness (QED) is 0.750. The van der Waals surface area contributed by atoms with Gasteiger partial charge in [0.25, 0.3) is 0 Å². The van der Waals surface area contributed by atoms with Crippen LogP contribution in [0.1, 0.15) is 29.6 Å². The van der Waals surface area contributed by atoms with Crippen molar-refractivity contribution in [3.05, 3.63) is 29.6 Å². The molecule has 1 aromatic carbocycles. The van der Waals surface area contributed by atoms with Crippen LogP contribution < -0.4 is 4.72 Å². The summed E-state index contributed by atoms with van der Waals surface area (Å²) in [6.45, 7) is 0.0934. The van der Waals surface area contributed by atoms with E-state index in [4.69, 9.17) is 5.11 Å². The van der Waals surface area contributed by atoms with E-state index < -0.39 is 32.8 Å². The van der Waals surface area contributed by atoms with Crippen molar-refractivity contribution in [1.82, 2.24) is 4.72 Å². The van der Waals surface area contributed by atoms with E-state index in [1.165, 1.54) is 0 Å². The van der Waals surface area contributed by atoms with Crippen molar-refractivity contribution in [2.45, 2.75) is 30.3 Å². The maximum Gasteiger partial charge on any atom is 0.335 e. The molecule has 2 rings (SSSR count). The average Bonchev–Trinajstić information content (AvgIpc) is 2.82. The Morgan fingerprint density at radius 1 is 1.38 bits per heavy atom. The van der Waals surface area contributed by atoms with Gasteiger partial charge in [0.15, 0.2) is 0 Å². The zero-order valence-electron chi connectivity index (χ0n) is 11.1. The lowest BCUT2D eigenvalue weighted by Gasteiger charge is -2.12. The van der Waals surface area contributed by atoms with E-state index in [0.717, 1.165) is 18.2 Å². The lowest BCUT2D eigenvalue weighted by Crippen LogP contribution is -2.29. The summed E-state index contributed by atoms with van der Waals surface area (Å²) in [5.74, 6) is -2.33. The van der Waals surface area contributed by atoms with Crippen LogP contribution in [0, 0.1) is 11.7 Å². The molecule has 8 heteroatoms. The Bertz CT molecular complexity index is 646. The Balaban J connectivity index is 2.15. The van der Waals surface area contributed by atoms with Gasteiger partial charge in [-0.2, -0.15) is 0 Å². The number of rotatable bonds is 5. The van der Waals surface area contributed by atoms with Crippen molar-refractivity contribution in [1.29, 1.82) is 0 Å². The van der Waals surface area contributed by atoms with E-state index in [0.29, 0.717) is 19.3 Å². The van der Waals surface area contributed by atoms with Crippen LogP contribution in [-0.2, 0) is 10.0 Å². The summed E-state index contributed by atoms with van der Waals surface area (Å²) in [7, 11) is -4.12. The molecule has 3 N–H and O–H groups in total. The van der Waals surface area contributed by atoms with Gasteiger partial charge in [-0.05, 0) is 43.4 Å². The van der Waals surface area contributed by atoms with Gasteiger partial charge in [-0.1, -0.05) is 0 Å². The van der Waals surface area contributed by atoms with Crippen molar-refractivity contribution in [2.75, 3.05) is 6.54 Å². The number of sulfonamides is 1. The molecule has 6 nitrogen and oxygen atoms in total. The molecule has 1 aliphatic rings. The van der Waals surface area contributed by atoms with Crippen LogP contribution in [0.2, 0.25) is 0 Å². The third-order valence-corrected chi connectivity index (χ3v) is 4.98. The van der Waals surface area contributed by atoms with Crippen molar-refractivity contribution in [3.63, 3.8) is 0 Å². The third-order valence-electron chi connectivity index (χ3n) is 3.54. The number of aromatic carboxylic acids is 1. The van der Waals surface area contributed by atoms with Gasteiger partial charge >= 0.3 is 5.97 Å².